The van der Waals surface area contributed by atoms with E-state index in [1.807, 2.05) is 36.0 Å². The Labute approximate surface area is 173 Å². The van der Waals surface area contributed by atoms with Crippen molar-refractivity contribution in [1.29, 1.82) is 0 Å². The van der Waals surface area contributed by atoms with Crippen LogP contribution in [-0.2, 0) is 18.2 Å². The average Bonchev–Trinajstić information content (AvgIpc) is 2.88. The second kappa shape index (κ2) is 10.5. The van der Waals surface area contributed by atoms with Crippen LogP contribution in [0.15, 0.2) is 29.3 Å². The predicted octanol–water partition coefficient (Wildman–Crippen LogP) is 3.56. The normalized spacial score (nSPS) is 14.0. The molecule has 1 aromatic heterocycles. The molecule has 1 heterocycles. The fourth-order valence-electron chi connectivity index (χ4n) is 3.22. The molecule has 0 aliphatic rings. The van der Waals surface area contributed by atoms with Gasteiger partial charge < -0.3 is 15.4 Å². The van der Waals surface area contributed by atoms with Crippen LogP contribution < -0.4 is 10.6 Å². The maximum atomic E-state index is 6.11. The standard InChI is InChI=1S/C21H32ClN5O/c1-7-23-21(24-13-20(28-6)17-9-8-10-18(22)12-17)25-14(2)11-19-15(3)26-27(5)16(19)4/h8-10,12,14,20H,7,11,13H2,1-6H3,(H2,23,24,25). The summed E-state index contributed by atoms with van der Waals surface area (Å²) in [6.45, 7) is 9.67. The first-order chi connectivity index (χ1) is 13.3. The Morgan fingerprint density at radius 2 is 2.11 bits per heavy atom. The van der Waals surface area contributed by atoms with Gasteiger partial charge in [0.2, 0.25) is 0 Å². The first-order valence-corrected chi connectivity index (χ1v) is 10.1. The van der Waals surface area contributed by atoms with Gasteiger partial charge in [0, 0.05) is 37.5 Å². The monoisotopic (exact) mass is 405 g/mol. The number of nitrogens with one attached hydrogen (secondary N) is 2. The molecule has 0 fully saturated rings. The summed E-state index contributed by atoms with van der Waals surface area (Å²) in [4.78, 5) is 4.73. The Balaban J connectivity index is 2.06. The molecule has 0 aliphatic heterocycles. The number of aryl methyl sites for hydroxylation is 2. The molecule has 1 aromatic carbocycles. The molecule has 0 radical (unpaired) electrons. The number of aliphatic imine (C=N–C) groups is 1. The Morgan fingerprint density at radius 1 is 1.36 bits per heavy atom. The Morgan fingerprint density at radius 3 is 2.68 bits per heavy atom. The van der Waals surface area contributed by atoms with Gasteiger partial charge in [-0.25, -0.2) is 0 Å². The van der Waals surface area contributed by atoms with Crippen LogP contribution in [0.4, 0.5) is 0 Å². The molecule has 154 valence electrons. The number of hydrogen-bond donors (Lipinski definition) is 2. The third-order valence-electron chi connectivity index (χ3n) is 4.82. The van der Waals surface area contributed by atoms with E-state index in [4.69, 9.17) is 21.3 Å². The average molecular weight is 406 g/mol. The SMILES string of the molecule is CCNC(=NCC(OC)c1cccc(Cl)c1)NC(C)Cc1c(C)nn(C)c1C. The molecule has 0 saturated carbocycles. The lowest BCUT2D eigenvalue weighted by Crippen LogP contribution is -2.43. The first-order valence-electron chi connectivity index (χ1n) is 9.67. The zero-order chi connectivity index (χ0) is 20.7. The minimum absolute atomic E-state index is 0.146. The number of ether oxygens (including phenoxy) is 1. The van der Waals surface area contributed by atoms with Crippen molar-refractivity contribution in [2.24, 2.45) is 12.0 Å². The van der Waals surface area contributed by atoms with Crippen molar-refractivity contribution in [3.05, 3.63) is 51.8 Å². The van der Waals surface area contributed by atoms with Crippen LogP contribution in [0.3, 0.4) is 0 Å². The van der Waals surface area contributed by atoms with Crippen molar-refractivity contribution < 1.29 is 4.74 Å². The number of benzene rings is 1. The lowest BCUT2D eigenvalue weighted by atomic mass is 10.1. The number of guanidine groups is 1. The summed E-state index contributed by atoms with van der Waals surface area (Å²) in [5, 5.41) is 12.0. The van der Waals surface area contributed by atoms with E-state index < -0.39 is 0 Å². The number of rotatable bonds is 8. The zero-order valence-corrected chi connectivity index (χ0v) is 18.5. The molecule has 2 N–H and O–H groups in total. The molecule has 0 aliphatic carbocycles. The number of nitrogens with zero attached hydrogens (tertiary/aromatic N) is 3. The highest BCUT2D eigenvalue weighted by atomic mass is 35.5. The summed E-state index contributed by atoms with van der Waals surface area (Å²) >= 11 is 6.11. The van der Waals surface area contributed by atoms with Gasteiger partial charge in [-0.2, -0.15) is 5.10 Å². The van der Waals surface area contributed by atoms with E-state index in [1.165, 1.54) is 11.3 Å². The van der Waals surface area contributed by atoms with Gasteiger partial charge in [-0.3, -0.25) is 9.67 Å². The van der Waals surface area contributed by atoms with E-state index in [1.54, 1.807) is 7.11 Å². The maximum Gasteiger partial charge on any atom is 0.191 e. The minimum atomic E-state index is -0.146. The summed E-state index contributed by atoms with van der Waals surface area (Å²) in [5.74, 6) is 0.776. The van der Waals surface area contributed by atoms with Crippen LogP contribution in [0.2, 0.25) is 5.02 Å². The molecule has 7 heteroatoms. The van der Waals surface area contributed by atoms with Gasteiger partial charge in [-0.1, -0.05) is 23.7 Å². The van der Waals surface area contributed by atoms with Gasteiger partial charge >= 0.3 is 0 Å². The van der Waals surface area contributed by atoms with E-state index >= 15 is 0 Å². The topological polar surface area (TPSA) is 63.5 Å². The first kappa shape index (κ1) is 22.2. The van der Waals surface area contributed by atoms with Crippen LogP contribution in [-0.4, -0.2) is 42.0 Å². The number of aromatic nitrogens is 2. The van der Waals surface area contributed by atoms with E-state index in [0.29, 0.717) is 11.6 Å². The van der Waals surface area contributed by atoms with Crippen molar-refractivity contribution in [3.63, 3.8) is 0 Å². The lowest BCUT2D eigenvalue weighted by Gasteiger charge is -2.20. The molecular formula is C21H32ClN5O. The van der Waals surface area contributed by atoms with Crippen molar-refractivity contribution in [1.82, 2.24) is 20.4 Å². The molecule has 0 bridgehead atoms. The summed E-state index contributed by atoms with van der Waals surface area (Å²) in [7, 11) is 3.67. The van der Waals surface area contributed by atoms with Crippen molar-refractivity contribution >= 4 is 17.6 Å². The molecular weight excluding hydrogens is 374 g/mol. The summed E-state index contributed by atoms with van der Waals surface area (Å²) in [6, 6.07) is 7.93. The molecule has 0 spiro atoms. The van der Waals surface area contributed by atoms with Gasteiger partial charge in [-0.15, -0.1) is 0 Å². The van der Waals surface area contributed by atoms with Crippen LogP contribution in [0.5, 0.6) is 0 Å². The van der Waals surface area contributed by atoms with Crippen molar-refractivity contribution in [2.75, 3.05) is 20.2 Å². The number of halogens is 1. The fraction of sp³-hybridized carbons (Fsp3) is 0.524. The van der Waals surface area contributed by atoms with Gasteiger partial charge in [0.05, 0.1) is 12.2 Å². The highest BCUT2D eigenvalue weighted by Crippen LogP contribution is 2.20. The third-order valence-corrected chi connectivity index (χ3v) is 5.05. The largest absolute Gasteiger partial charge is 0.375 e. The highest BCUT2D eigenvalue weighted by molar-refractivity contribution is 6.30. The molecule has 2 unspecified atom stereocenters. The van der Waals surface area contributed by atoms with E-state index in [2.05, 4.69) is 43.4 Å². The van der Waals surface area contributed by atoms with E-state index in [-0.39, 0.29) is 12.1 Å². The molecule has 0 saturated heterocycles. The molecule has 6 nitrogen and oxygen atoms in total. The Kier molecular flexibility index (Phi) is 8.33. The number of methoxy groups -OCH3 is 1. The summed E-state index contributed by atoms with van der Waals surface area (Å²) in [5.41, 5.74) is 4.58. The van der Waals surface area contributed by atoms with Gasteiger partial charge in [0.25, 0.3) is 0 Å². The van der Waals surface area contributed by atoms with Crippen LogP contribution >= 0.6 is 11.6 Å². The predicted molar refractivity (Wildman–Crippen MR) is 116 cm³/mol. The van der Waals surface area contributed by atoms with Crippen molar-refractivity contribution in [2.45, 2.75) is 46.3 Å². The van der Waals surface area contributed by atoms with Gasteiger partial charge in [-0.05, 0) is 57.4 Å². The van der Waals surface area contributed by atoms with E-state index in [0.717, 1.165) is 30.2 Å². The second-order valence-corrected chi connectivity index (χ2v) is 7.46. The molecule has 2 rings (SSSR count). The van der Waals surface area contributed by atoms with Crippen LogP contribution in [0.25, 0.3) is 0 Å². The zero-order valence-electron chi connectivity index (χ0n) is 17.7. The smallest absolute Gasteiger partial charge is 0.191 e. The Hall–Kier alpha value is -2.05. The van der Waals surface area contributed by atoms with Crippen LogP contribution in [0, 0.1) is 13.8 Å². The van der Waals surface area contributed by atoms with Gasteiger partial charge in [0.1, 0.15) is 6.10 Å². The lowest BCUT2D eigenvalue weighted by molar-refractivity contribution is 0.111. The maximum absolute atomic E-state index is 6.11. The molecule has 2 aromatic rings. The van der Waals surface area contributed by atoms with Crippen LogP contribution in [0.1, 0.15) is 42.5 Å². The molecule has 28 heavy (non-hydrogen) atoms. The van der Waals surface area contributed by atoms with Crippen molar-refractivity contribution in [3.8, 4) is 0 Å². The molecule has 0 amide bonds. The highest BCUT2D eigenvalue weighted by Gasteiger charge is 2.15. The van der Waals surface area contributed by atoms with E-state index in [9.17, 15) is 0 Å². The molecule has 2 atom stereocenters. The summed E-state index contributed by atoms with van der Waals surface area (Å²) in [6.07, 6.45) is 0.741. The Bertz CT molecular complexity index is 802. The second-order valence-electron chi connectivity index (χ2n) is 7.02. The minimum Gasteiger partial charge on any atom is -0.375 e. The third kappa shape index (κ3) is 5.97. The number of hydrogen-bond acceptors (Lipinski definition) is 3. The fourth-order valence-corrected chi connectivity index (χ4v) is 3.42. The van der Waals surface area contributed by atoms with Gasteiger partial charge in [0.15, 0.2) is 5.96 Å². The quantitative estimate of drug-likeness (QED) is 0.520. The summed E-state index contributed by atoms with van der Waals surface area (Å²) < 4.78 is 7.56.